The molecule has 0 radical (unpaired) electrons. The van der Waals surface area contributed by atoms with E-state index in [1.54, 1.807) is 23.1 Å². The summed E-state index contributed by atoms with van der Waals surface area (Å²) in [7, 11) is 0. The molecule has 0 unspecified atom stereocenters. The maximum atomic E-state index is 13.2. The van der Waals surface area contributed by atoms with E-state index >= 15 is 0 Å². The van der Waals surface area contributed by atoms with Gasteiger partial charge in [-0.25, -0.2) is 0 Å². The number of nitrogens with zero attached hydrogens (tertiary/aromatic N) is 1. The molecule has 2 aliphatic rings. The summed E-state index contributed by atoms with van der Waals surface area (Å²) in [5.74, 6) is 1.17. The van der Waals surface area contributed by atoms with Crippen molar-refractivity contribution in [2.45, 2.75) is 31.7 Å². The maximum absolute atomic E-state index is 13.2. The van der Waals surface area contributed by atoms with Gasteiger partial charge in [-0.05, 0) is 43.5 Å². The lowest BCUT2D eigenvalue weighted by molar-refractivity contribution is 0.0526. The normalized spacial score (nSPS) is 17.7. The molecule has 0 aromatic heterocycles. The minimum absolute atomic E-state index is 0.0281. The van der Waals surface area contributed by atoms with Gasteiger partial charge in [0.15, 0.2) is 6.29 Å². The van der Waals surface area contributed by atoms with Gasteiger partial charge >= 0.3 is 0 Å². The number of benzene rings is 2. The van der Waals surface area contributed by atoms with Crippen LogP contribution in [0.1, 0.15) is 51.1 Å². The first-order chi connectivity index (χ1) is 14.6. The number of hydrogen-bond donors (Lipinski definition) is 1. The van der Waals surface area contributed by atoms with Gasteiger partial charge in [-0.1, -0.05) is 18.7 Å². The highest BCUT2D eigenvalue weighted by molar-refractivity contribution is 6.03. The number of phenolic OH excluding ortho intramolecular Hbond substituents is 1. The molecule has 0 saturated carbocycles. The minimum atomic E-state index is -0.257. The van der Waals surface area contributed by atoms with Crippen molar-refractivity contribution >= 4 is 18.3 Å². The number of hydrogen-bond acceptors (Lipinski definition) is 5. The van der Waals surface area contributed by atoms with E-state index in [1.165, 1.54) is 6.07 Å². The second kappa shape index (κ2) is 8.61. The predicted octanol–water partition coefficient (Wildman–Crippen LogP) is 3.86. The van der Waals surface area contributed by atoms with Gasteiger partial charge in [0.05, 0.1) is 23.8 Å². The van der Waals surface area contributed by atoms with E-state index in [9.17, 15) is 14.7 Å². The Labute approximate surface area is 175 Å². The van der Waals surface area contributed by atoms with Gasteiger partial charge in [-0.15, -0.1) is 0 Å². The maximum Gasteiger partial charge on any atom is 0.255 e. The highest BCUT2D eigenvalue weighted by Gasteiger charge is 2.30. The lowest BCUT2D eigenvalue weighted by Gasteiger charge is -2.36. The molecule has 6 heteroatoms. The quantitative estimate of drug-likeness (QED) is 0.736. The molecule has 1 N–H and O–H groups in total. The summed E-state index contributed by atoms with van der Waals surface area (Å²) in [6, 6.07) is 8.25. The number of rotatable bonds is 6. The van der Waals surface area contributed by atoms with Crippen LogP contribution in [0, 0.1) is 0 Å². The standard InChI is InChI=1S/C24H25NO5/c1-2-17-18-11-13-29-23(18)10-9-22(17)30-15-16-6-3-4-12-25(16)24(28)19-7-5-8-21(27)20(19)14-26/h2,5,7-10,14,16,27H,1,3-4,6,11-13,15H2/t16-/m0/s1. The van der Waals surface area contributed by atoms with Crippen LogP contribution in [0.15, 0.2) is 36.9 Å². The molecule has 0 aliphatic carbocycles. The van der Waals surface area contributed by atoms with E-state index in [0.717, 1.165) is 48.3 Å². The molecule has 1 atom stereocenters. The Balaban J connectivity index is 1.54. The van der Waals surface area contributed by atoms with Crippen LogP contribution in [-0.2, 0) is 6.42 Å². The molecule has 2 aliphatic heterocycles. The van der Waals surface area contributed by atoms with Gasteiger partial charge in [-0.3, -0.25) is 9.59 Å². The molecule has 1 fully saturated rings. The van der Waals surface area contributed by atoms with Crippen molar-refractivity contribution in [1.82, 2.24) is 4.90 Å². The Morgan fingerprint density at radius 2 is 2.13 bits per heavy atom. The molecule has 6 nitrogen and oxygen atoms in total. The molecule has 2 aromatic carbocycles. The van der Waals surface area contributed by atoms with Gasteiger partial charge in [-0.2, -0.15) is 0 Å². The number of likely N-dealkylation sites (tertiary alicyclic amines) is 1. The summed E-state index contributed by atoms with van der Waals surface area (Å²) in [4.78, 5) is 26.4. The van der Waals surface area contributed by atoms with Crippen molar-refractivity contribution in [2.24, 2.45) is 0 Å². The number of aldehydes is 1. The summed E-state index contributed by atoms with van der Waals surface area (Å²) in [6.45, 7) is 5.52. The van der Waals surface area contributed by atoms with E-state index in [2.05, 4.69) is 6.58 Å². The number of phenols is 1. The van der Waals surface area contributed by atoms with E-state index in [-0.39, 0.29) is 28.8 Å². The van der Waals surface area contributed by atoms with Gasteiger partial charge in [0.1, 0.15) is 23.9 Å². The molecule has 156 valence electrons. The Morgan fingerprint density at radius 1 is 1.27 bits per heavy atom. The van der Waals surface area contributed by atoms with Gasteiger partial charge < -0.3 is 19.5 Å². The summed E-state index contributed by atoms with van der Waals surface area (Å²) in [6.07, 6.45) is 5.86. The van der Waals surface area contributed by atoms with Crippen molar-refractivity contribution in [3.63, 3.8) is 0 Å². The van der Waals surface area contributed by atoms with Crippen molar-refractivity contribution in [1.29, 1.82) is 0 Å². The molecular formula is C24H25NO5. The van der Waals surface area contributed by atoms with Crippen LogP contribution in [-0.4, -0.2) is 48.0 Å². The molecular weight excluding hydrogens is 382 g/mol. The number of carbonyl (C=O) groups is 2. The van der Waals surface area contributed by atoms with Crippen molar-refractivity contribution in [3.05, 3.63) is 59.2 Å². The molecule has 0 spiro atoms. The zero-order valence-electron chi connectivity index (χ0n) is 16.8. The Bertz CT molecular complexity index is 984. The van der Waals surface area contributed by atoms with Crippen LogP contribution in [0.5, 0.6) is 17.2 Å². The third-order valence-corrected chi connectivity index (χ3v) is 5.84. The van der Waals surface area contributed by atoms with Gasteiger partial charge in [0.2, 0.25) is 0 Å². The highest BCUT2D eigenvalue weighted by Crippen LogP contribution is 2.35. The lowest BCUT2D eigenvalue weighted by Crippen LogP contribution is -2.47. The summed E-state index contributed by atoms with van der Waals surface area (Å²) in [5, 5.41) is 9.94. The van der Waals surface area contributed by atoms with Crippen LogP contribution in [0.3, 0.4) is 0 Å². The number of aromatic hydroxyl groups is 1. The SMILES string of the molecule is C=Cc1c(OC[C@@H]2CCCCN2C(=O)c2cccc(O)c2C=O)ccc2c1CCO2. The Hall–Kier alpha value is -3.28. The van der Waals surface area contributed by atoms with Gasteiger partial charge in [0, 0.05) is 24.1 Å². The fourth-order valence-electron chi connectivity index (χ4n) is 4.27. The second-order valence-electron chi connectivity index (χ2n) is 7.57. The fraction of sp³-hybridized carbons (Fsp3) is 0.333. The molecule has 2 aromatic rings. The predicted molar refractivity (Wildman–Crippen MR) is 113 cm³/mol. The summed E-state index contributed by atoms with van der Waals surface area (Å²) >= 11 is 0. The molecule has 1 amide bonds. The fourth-order valence-corrected chi connectivity index (χ4v) is 4.27. The van der Waals surface area contributed by atoms with E-state index in [4.69, 9.17) is 9.47 Å². The number of piperidine rings is 1. The Kier molecular flexibility index (Phi) is 5.74. The van der Waals surface area contributed by atoms with Crippen molar-refractivity contribution in [2.75, 3.05) is 19.8 Å². The van der Waals surface area contributed by atoms with Crippen LogP contribution < -0.4 is 9.47 Å². The van der Waals surface area contributed by atoms with E-state index < -0.39 is 0 Å². The average Bonchev–Trinajstić information content (AvgIpc) is 3.25. The zero-order chi connectivity index (χ0) is 21.1. The van der Waals surface area contributed by atoms with Crippen molar-refractivity contribution in [3.8, 4) is 17.2 Å². The highest BCUT2D eigenvalue weighted by atomic mass is 16.5. The van der Waals surface area contributed by atoms with E-state index in [0.29, 0.717) is 26.0 Å². The smallest absolute Gasteiger partial charge is 0.255 e. The zero-order valence-corrected chi connectivity index (χ0v) is 16.8. The number of ether oxygens (including phenoxy) is 2. The second-order valence-corrected chi connectivity index (χ2v) is 7.57. The molecule has 30 heavy (non-hydrogen) atoms. The number of fused-ring (bicyclic) bond motifs is 1. The largest absolute Gasteiger partial charge is 0.507 e. The third kappa shape index (κ3) is 3.65. The van der Waals surface area contributed by atoms with Crippen LogP contribution in [0.25, 0.3) is 6.08 Å². The molecule has 4 rings (SSSR count). The molecule has 0 bridgehead atoms. The van der Waals surface area contributed by atoms with Crippen molar-refractivity contribution < 1.29 is 24.2 Å². The average molecular weight is 407 g/mol. The van der Waals surface area contributed by atoms with Gasteiger partial charge in [0.25, 0.3) is 5.91 Å². The monoisotopic (exact) mass is 407 g/mol. The first-order valence-corrected chi connectivity index (χ1v) is 10.3. The van der Waals surface area contributed by atoms with Crippen LogP contribution in [0.4, 0.5) is 0 Å². The lowest BCUT2D eigenvalue weighted by atomic mass is 9.99. The molecule has 1 saturated heterocycles. The number of carbonyl (C=O) groups excluding carboxylic acids is 2. The van der Waals surface area contributed by atoms with E-state index in [1.807, 2.05) is 12.1 Å². The topological polar surface area (TPSA) is 76.1 Å². The van der Waals surface area contributed by atoms with Crippen LogP contribution in [0.2, 0.25) is 0 Å². The third-order valence-electron chi connectivity index (χ3n) is 5.84. The summed E-state index contributed by atoms with van der Waals surface area (Å²) in [5.41, 5.74) is 2.29. The number of amides is 1. The summed E-state index contributed by atoms with van der Waals surface area (Å²) < 4.78 is 11.8. The minimum Gasteiger partial charge on any atom is -0.507 e. The van der Waals surface area contributed by atoms with Crippen LogP contribution >= 0.6 is 0 Å². The Morgan fingerprint density at radius 3 is 2.93 bits per heavy atom. The molecule has 2 heterocycles. The first kappa shape index (κ1) is 20.0. The first-order valence-electron chi connectivity index (χ1n) is 10.3.